The zero-order valence-electron chi connectivity index (χ0n) is 21.8. The van der Waals surface area contributed by atoms with Crippen molar-refractivity contribution in [3.05, 3.63) is 108 Å². The van der Waals surface area contributed by atoms with Crippen LogP contribution in [0.2, 0.25) is 0 Å². The number of ether oxygens (including phenoxy) is 1. The quantitative estimate of drug-likeness (QED) is 0.376. The van der Waals surface area contributed by atoms with Gasteiger partial charge in [0, 0.05) is 17.9 Å². The highest BCUT2D eigenvalue weighted by Crippen LogP contribution is 2.18. The van der Waals surface area contributed by atoms with E-state index in [1.807, 2.05) is 112 Å². The molecule has 3 aromatic rings. The molecule has 2 atom stereocenters. The standard InChI is InChI=1S/C31H36N2O4/c1-31(2,3)33-29(35)26(19-23-13-7-4-8-14-23)21-28(34)27(20-24-15-9-5-10-16-24)32-30(36)37-22-25-17-11-6-12-18-25/h4-18,26-27H,19-22H2,1-3H3,(H,32,36)(H,33,35)/t26?,27-/m0/s1. The number of hydrogen-bond acceptors (Lipinski definition) is 4. The molecule has 0 aliphatic carbocycles. The van der Waals surface area contributed by atoms with Crippen LogP contribution in [0.25, 0.3) is 0 Å². The van der Waals surface area contributed by atoms with E-state index in [4.69, 9.17) is 4.74 Å². The summed E-state index contributed by atoms with van der Waals surface area (Å²) >= 11 is 0. The average molecular weight is 501 g/mol. The SMILES string of the molecule is CC(C)(C)NC(=O)C(CC(=O)[C@H](Cc1ccccc1)NC(=O)OCc1ccccc1)Cc1ccccc1. The molecule has 3 rings (SSSR count). The maximum Gasteiger partial charge on any atom is 0.408 e. The Bertz CT molecular complexity index is 1140. The maximum atomic E-state index is 13.6. The monoisotopic (exact) mass is 500 g/mol. The van der Waals surface area contributed by atoms with Gasteiger partial charge in [-0.15, -0.1) is 0 Å². The minimum Gasteiger partial charge on any atom is -0.445 e. The van der Waals surface area contributed by atoms with Crippen LogP contribution in [0.5, 0.6) is 0 Å². The molecule has 0 aromatic heterocycles. The van der Waals surface area contributed by atoms with Crippen LogP contribution < -0.4 is 10.6 Å². The number of alkyl carbamates (subject to hydrolysis) is 1. The Hall–Kier alpha value is -3.93. The lowest BCUT2D eigenvalue weighted by atomic mass is 9.89. The lowest BCUT2D eigenvalue weighted by Gasteiger charge is -2.26. The molecule has 0 aliphatic rings. The van der Waals surface area contributed by atoms with Gasteiger partial charge in [-0.25, -0.2) is 4.79 Å². The summed E-state index contributed by atoms with van der Waals surface area (Å²) in [6.07, 6.45) is 0.0500. The molecule has 6 heteroatoms. The van der Waals surface area contributed by atoms with Crippen molar-refractivity contribution in [1.29, 1.82) is 0 Å². The number of hydrogen-bond donors (Lipinski definition) is 2. The number of nitrogens with one attached hydrogen (secondary N) is 2. The fraction of sp³-hybridized carbons (Fsp3) is 0.323. The van der Waals surface area contributed by atoms with Crippen LogP contribution in [0, 0.1) is 5.92 Å². The van der Waals surface area contributed by atoms with Crippen molar-refractivity contribution >= 4 is 17.8 Å². The van der Waals surface area contributed by atoms with Gasteiger partial charge in [-0.3, -0.25) is 9.59 Å². The maximum absolute atomic E-state index is 13.6. The fourth-order valence-electron chi connectivity index (χ4n) is 4.02. The summed E-state index contributed by atoms with van der Waals surface area (Å²) in [5.41, 5.74) is 2.30. The van der Waals surface area contributed by atoms with E-state index in [0.29, 0.717) is 12.8 Å². The van der Waals surface area contributed by atoms with Gasteiger partial charge in [-0.05, 0) is 50.3 Å². The van der Waals surface area contributed by atoms with Gasteiger partial charge in [0.05, 0.1) is 6.04 Å². The Balaban J connectivity index is 1.75. The van der Waals surface area contributed by atoms with Gasteiger partial charge in [0.1, 0.15) is 6.61 Å². The van der Waals surface area contributed by atoms with E-state index in [2.05, 4.69) is 10.6 Å². The van der Waals surface area contributed by atoms with Gasteiger partial charge >= 0.3 is 6.09 Å². The summed E-state index contributed by atoms with van der Waals surface area (Å²) in [6, 6.07) is 27.7. The molecule has 0 fully saturated rings. The number of benzene rings is 3. The fourth-order valence-corrected chi connectivity index (χ4v) is 4.02. The average Bonchev–Trinajstić information content (AvgIpc) is 2.87. The Morgan fingerprint density at radius 1 is 0.730 bits per heavy atom. The Kier molecular flexibility index (Phi) is 10.0. The summed E-state index contributed by atoms with van der Waals surface area (Å²) in [5, 5.41) is 5.76. The van der Waals surface area contributed by atoms with Gasteiger partial charge in [-0.2, -0.15) is 0 Å². The third-order valence-corrected chi connectivity index (χ3v) is 5.82. The molecular weight excluding hydrogens is 464 g/mol. The van der Waals surface area contributed by atoms with E-state index in [1.165, 1.54) is 0 Å². The molecule has 37 heavy (non-hydrogen) atoms. The summed E-state index contributed by atoms with van der Waals surface area (Å²) in [6.45, 7) is 5.84. The third kappa shape index (κ3) is 9.92. The van der Waals surface area contributed by atoms with Gasteiger partial charge in [-0.1, -0.05) is 91.0 Å². The van der Waals surface area contributed by atoms with Crippen molar-refractivity contribution in [3.8, 4) is 0 Å². The Morgan fingerprint density at radius 2 is 1.22 bits per heavy atom. The van der Waals surface area contributed by atoms with Crippen molar-refractivity contribution in [3.63, 3.8) is 0 Å². The molecule has 2 N–H and O–H groups in total. The largest absolute Gasteiger partial charge is 0.445 e. The molecule has 0 spiro atoms. The van der Waals surface area contributed by atoms with Crippen LogP contribution in [0.4, 0.5) is 4.79 Å². The van der Waals surface area contributed by atoms with Gasteiger partial charge in [0.2, 0.25) is 5.91 Å². The Morgan fingerprint density at radius 3 is 1.73 bits per heavy atom. The van der Waals surface area contributed by atoms with E-state index < -0.39 is 23.6 Å². The minimum absolute atomic E-state index is 0.00667. The normalized spacial score (nSPS) is 12.7. The number of amides is 2. The van der Waals surface area contributed by atoms with E-state index in [9.17, 15) is 14.4 Å². The predicted molar refractivity (Wildman–Crippen MR) is 145 cm³/mol. The van der Waals surface area contributed by atoms with Crippen molar-refractivity contribution < 1.29 is 19.1 Å². The van der Waals surface area contributed by atoms with E-state index in [1.54, 1.807) is 0 Å². The van der Waals surface area contributed by atoms with Crippen LogP contribution >= 0.6 is 0 Å². The van der Waals surface area contributed by atoms with E-state index in [0.717, 1.165) is 16.7 Å². The van der Waals surface area contributed by atoms with Gasteiger partial charge < -0.3 is 15.4 Å². The van der Waals surface area contributed by atoms with Crippen molar-refractivity contribution in [1.82, 2.24) is 10.6 Å². The highest BCUT2D eigenvalue weighted by atomic mass is 16.5. The van der Waals surface area contributed by atoms with E-state index >= 15 is 0 Å². The lowest BCUT2D eigenvalue weighted by Crippen LogP contribution is -2.47. The number of Topliss-reactive ketones (excluding diaryl/α,β-unsaturated/α-hetero) is 1. The molecule has 6 nitrogen and oxygen atoms in total. The molecule has 2 amide bonds. The first-order valence-electron chi connectivity index (χ1n) is 12.6. The second kappa shape index (κ2) is 13.4. The first-order valence-corrected chi connectivity index (χ1v) is 12.6. The zero-order chi connectivity index (χ0) is 26.7. The van der Waals surface area contributed by atoms with Crippen LogP contribution in [0.15, 0.2) is 91.0 Å². The molecule has 0 saturated carbocycles. The molecule has 0 radical (unpaired) electrons. The van der Waals surface area contributed by atoms with E-state index in [-0.39, 0.29) is 24.7 Å². The molecule has 194 valence electrons. The lowest BCUT2D eigenvalue weighted by molar-refractivity contribution is -0.131. The summed E-state index contributed by atoms with van der Waals surface area (Å²) < 4.78 is 5.38. The molecule has 0 aliphatic heterocycles. The smallest absolute Gasteiger partial charge is 0.408 e. The number of rotatable bonds is 11. The molecule has 0 heterocycles. The first-order chi connectivity index (χ1) is 17.7. The van der Waals surface area contributed by atoms with Crippen molar-refractivity contribution in [2.75, 3.05) is 0 Å². The highest BCUT2D eigenvalue weighted by molar-refractivity contribution is 5.92. The highest BCUT2D eigenvalue weighted by Gasteiger charge is 2.30. The number of carbonyl (C=O) groups excluding carboxylic acids is 3. The van der Waals surface area contributed by atoms with Crippen LogP contribution in [-0.2, 0) is 33.8 Å². The molecule has 0 bridgehead atoms. The van der Waals surface area contributed by atoms with Crippen LogP contribution in [0.1, 0.15) is 43.9 Å². The second-order valence-electron chi connectivity index (χ2n) is 10.2. The third-order valence-electron chi connectivity index (χ3n) is 5.82. The first kappa shape index (κ1) is 27.7. The second-order valence-corrected chi connectivity index (χ2v) is 10.2. The number of ketones is 1. The van der Waals surface area contributed by atoms with Gasteiger partial charge in [0.15, 0.2) is 5.78 Å². The topological polar surface area (TPSA) is 84.5 Å². The van der Waals surface area contributed by atoms with Crippen LogP contribution in [-0.4, -0.2) is 29.4 Å². The molecule has 1 unspecified atom stereocenters. The zero-order valence-corrected chi connectivity index (χ0v) is 21.8. The molecular formula is C31H36N2O4. The Labute approximate surface area is 219 Å². The summed E-state index contributed by atoms with van der Waals surface area (Å²) in [4.78, 5) is 39.4. The van der Waals surface area contributed by atoms with Crippen molar-refractivity contribution in [2.24, 2.45) is 5.92 Å². The minimum atomic E-state index is -0.827. The summed E-state index contributed by atoms with van der Waals surface area (Å²) in [5.74, 6) is -0.977. The molecule has 0 saturated heterocycles. The van der Waals surface area contributed by atoms with Crippen LogP contribution in [0.3, 0.4) is 0 Å². The predicted octanol–water partition coefficient (Wildman–Crippen LogP) is 5.26. The van der Waals surface area contributed by atoms with Crippen molar-refractivity contribution in [2.45, 2.75) is 58.2 Å². The molecule has 3 aromatic carbocycles. The summed E-state index contributed by atoms with van der Waals surface area (Å²) in [7, 11) is 0. The number of carbonyl (C=O) groups is 3. The van der Waals surface area contributed by atoms with Gasteiger partial charge in [0.25, 0.3) is 0 Å².